The molecule has 2 N–H and O–H groups in total. The number of carbonyl (C=O) groups is 2. The molecule has 0 spiro atoms. The molecule has 0 unspecified atom stereocenters. The van der Waals surface area contributed by atoms with Crippen molar-refractivity contribution in [2.75, 3.05) is 13.1 Å². The van der Waals surface area contributed by atoms with Gasteiger partial charge in [0, 0.05) is 24.2 Å². The number of nitrogens with zero attached hydrogens (tertiary/aromatic N) is 1. The molecule has 1 aliphatic rings. The number of nitrogens with two attached hydrogens (primary N) is 1. The van der Waals surface area contributed by atoms with Crippen LogP contribution >= 0.6 is 0 Å². The third kappa shape index (κ3) is 1.59. The van der Waals surface area contributed by atoms with Crippen LogP contribution in [0.5, 0.6) is 0 Å². The van der Waals surface area contributed by atoms with E-state index >= 15 is 0 Å². The number of hydrogen-bond donors (Lipinski definition) is 1. The Morgan fingerprint density at radius 2 is 1.57 bits per heavy atom. The summed E-state index contributed by atoms with van der Waals surface area (Å²) in [5, 5.41) is 0. The molecule has 1 aliphatic heterocycles. The molecule has 1 saturated heterocycles. The molecule has 1 heterocycles. The van der Waals surface area contributed by atoms with Gasteiger partial charge in [-0.05, 0) is 24.3 Å². The Kier molecular flexibility index (Phi) is 1.96. The van der Waals surface area contributed by atoms with Gasteiger partial charge in [-0.25, -0.2) is 0 Å². The van der Waals surface area contributed by atoms with Crippen molar-refractivity contribution in [1.29, 1.82) is 0 Å². The predicted molar refractivity (Wildman–Crippen MR) is 50.9 cm³/mol. The lowest BCUT2D eigenvalue weighted by molar-refractivity contribution is 0.0884. The number of primary amides is 1. The third-order valence-electron chi connectivity index (χ3n) is 2.15. The van der Waals surface area contributed by atoms with E-state index in [0.29, 0.717) is 11.1 Å². The highest BCUT2D eigenvalue weighted by Gasteiger charge is 2.24. The zero-order chi connectivity index (χ0) is 10.1. The summed E-state index contributed by atoms with van der Waals surface area (Å²) in [5.74, 6) is -0.461. The maximum Gasteiger partial charge on any atom is 0.253 e. The molecule has 4 nitrogen and oxygen atoms in total. The van der Waals surface area contributed by atoms with Gasteiger partial charge in [0.25, 0.3) is 5.91 Å². The first kappa shape index (κ1) is 8.74. The van der Waals surface area contributed by atoms with Gasteiger partial charge in [0.2, 0.25) is 5.91 Å². The molecule has 2 amide bonds. The van der Waals surface area contributed by atoms with E-state index in [0.717, 1.165) is 13.1 Å². The Morgan fingerprint density at radius 3 is 2.00 bits per heavy atom. The first-order valence-corrected chi connectivity index (χ1v) is 4.37. The van der Waals surface area contributed by atoms with Crippen LogP contribution in [0.25, 0.3) is 0 Å². The largest absolute Gasteiger partial charge is 0.366 e. The monoisotopic (exact) mass is 190 g/mol. The maximum absolute atomic E-state index is 11.5. The van der Waals surface area contributed by atoms with Crippen LogP contribution in [0.3, 0.4) is 0 Å². The Bertz CT molecular complexity index is 380. The summed E-state index contributed by atoms with van der Waals surface area (Å²) in [6.07, 6.45) is 0. The van der Waals surface area contributed by atoms with Crippen LogP contribution in [0, 0.1) is 0 Å². The van der Waals surface area contributed by atoms with Crippen LogP contribution in [-0.4, -0.2) is 29.8 Å². The van der Waals surface area contributed by atoms with Crippen LogP contribution in [0.15, 0.2) is 24.3 Å². The van der Waals surface area contributed by atoms with Gasteiger partial charge in [0.15, 0.2) is 0 Å². The molecule has 0 radical (unpaired) electrons. The molecule has 0 bridgehead atoms. The van der Waals surface area contributed by atoms with Crippen LogP contribution in [0.2, 0.25) is 0 Å². The first-order chi connectivity index (χ1) is 6.68. The number of benzene rings is 1. The molecule has 0 atom stereocenters. The Labute approximate surface area is 81.3 Å². The van der Waals surface area contributed by atoms with E-state index in [-0.39, 0.29) is 5.91 Å². The van der Waals surface area contributed by atoms with Gasteiger partial charge in [-0.2, -0.15) is 0 Å². The van der Waals surface area contributed by atoms with E-state index in [1.54, 1.807) is 29.2 Å². The van der Waals surface area contributed by atoms with Crippen molar-refractivity contribution < 1.29 is 9.59 Å². The van der Waals surface area contributed by atoms with Crippen molar-refractivity contribution in [3.63, 3.8) is 0 Å². The normalized spacial score (nSPS) is 13.9. The highest BCUT2D eigenvalue weighted by Crippen LogP contribution is 2.12. The number of amides is 2. The Balaban J connectivity index is 2.20. The lowest BCUT2D eigenvalue weighted by Gasteiger charge is -2.01. The lowest BCUT2D eigenvalue weighted by atomic mass is 10.1. The SMILES string of the molecule is NC(=O)c1ccc(C(=O)N2CC2)cc1. The summed E-state index contributed by atoms with van der Waals surface area (Å²) in [7, 11) is 0. The summed E-state index contributed by atoms with van der Waals surface area (Å²) in [6.45, 7) is 1.66. The molecule has 0 saturated carbocycles. The molecule has 14 heavy (non-hydrogen) atoms. The summed E-state index contributed by atoms with van der Waals surface area (Å²) in [6, 6.07) is 6.39. The van der Waals surface area contributed by atoms with Crippen LogP contribution < -0.4 is 5.73 Å². The van der Waals surface area contributed by atoms with E-state index in [1.807, 2.05) is 0 Å². The molecular weight excluding hydrogens is 180 g/mol. The fourth-order valence-electron chi connectivity index (χ4n) is 1.21. The molecule has 4 heteroatoms. The van der Waals surface area contributed by atoms with Crippen LogP contribution in [-0.2, 0) is 0 Å². The van der Waals surface area contributed by atoms with Gasteiger partial charge in [0.1, 0.15) is 0 Å². The Morgan fingerprint density at radius 1 is 1.07 bits per heavy atom. The van der Waals surface area contributed by atoms with Crippen molar-refractivity contribution >= 4 is 11.8 Å². The average molecular weight is 190 g/mol. The summed E-state index contributed by atoms with van der Waals surface area (Å²) < 4.78 is 0. The van der Waals surface area contributed by atoms with Gasteiger partial charge in [0.05, 0.1) is 0 Å². The smallest absolute Gasteiger partial charge is 0.253 e. The second-order valence-corrected chi connectivity index (χ2v) is 3.23. The van der Waals surface area contributed by atoms with Crippen LogP contribution in [0.1, 0.15) is 20.7 Å². The molecule has 1 fully saturated rings. The quantitative estimate of drug-likeness (QED) is 0.679. The van der Waals surface area contributed by atoms with Crippen molar-refractivity contribution in [2.24, 2.45) is 5.73 Å². The van der Waals surface area contributed by atoms with Gasteiger partial charge >= 0.3 is 0 Å². The fourth-order valence-corrected chi connectivity index (χ4v) is 1.21. The highest BCUT2D eigenvalue weighted by atomic mass is 16.2. The second kappa shape index (κ2) is 3.14. The molecule has 1 aromatic rings. The maximum atomic E-state index is 11.5. The molecular formula is C10H10N2O2. The number of hydrogen-bond acceptors (Lipinski definition) is 2. The van der Waals surface area contributed by atoms with Gasteiger partial charge in [-0.3, -0.25) is 9.59 Å². The standard InChI is InChI=1S/C10H10N2O2/c11-9(13)7-1-3-8(4-2-7)10(14)12-5-6-12/h1-4H,5-6H2,(H2,11,13). The van der Waals surface area contributed by atoms with Crippen molar-refractivity contribution in [3.05, 3.63) is 35.4 Å². The molecule has 72 valence electrons. The number of rotatable bonds is 2. The average Bonchev–Trinajstić information content (AvgIpc) is 3.00. The zero-order valence-electron chi connectivity index (χ0n) is 7.56. The molecule has 0 aromatic heterocycles. The third-order valence-corrected chi connectivity index (χ3v) is 2.15. The van der Waals surface area contributed by atoms with E-state index in [4.69, 9.17) is 5.73 Å². The van der Waals surface area contributed by atoms with E-state index in [2.05, 4.69) is 0 Å². The molecule has 0 aliphatic carbocycles. The minimum Gasteiger partial charge on any atom is -0.366 e. The van der Waals surface area contributed by atoms with Crippen LogP contribution in [0.4, 0.5) is 0 Å². The fraction of sp³-hybridized carbons (Fsp3) is 0.200. The minimum absolute atomic E-state index is 0.0148. The van der Waals surface area contributed by atoms with Gasteiger partial charge in [-0.1, -0.05) is 0 Å². The van der Waals surface area contributed by atoms with E-state index in [1.165, 1.54) is 0 Å². The molecule has 1 aromatic carbocycles. The van der Waals surface area contributed by atoms with Gasteiger partial charge < -0.3 is 10.6 Å². The minimum atomic E-state index is -0.476. The topological polar surface area (TPSA) is 63.2 Å². The zero-order valence-corrected chi connectivity index (χ0v) is 7.56. The van der Waals surface area contributed by atoms with E-state index < -0.39 is 5.91 Å². The predicted octanol–water partition coefficient (Wildman–Crippen LogP) is 0.241. The van der Waals surface area contributed by atoms with Crippen molar-refractivity contribution in [1.82, 2.24) is 4.90 Å². The first-order valence-electron chi connectivity index (χ1n) is 4.37. The van der Waals surface area contributed by atoms with Gasteiger partial charge in [-0.15, -0.1) is 0 Å². The summed E-state index contributed by atoms with van der Waals surface area (Å²) in [4.78, 5) is 24.0. The van der Waals surface area contributed by atoms with Crippen molar-refractivity contribution in [3.8, 4) is 0 Å². The Hall–Kier alpha value is -1.84. The van der Waals surface area contributed by atoms with E-state index in [9.17, 15) is 9.59 Å². The highest BCUT2D eigenvalue weighted by molar-refractivity contribution is 5.97. The second-order valence-electron chi connectivity index (χ2n) is 3.23. The summed E-state index contributed by atoms with van der Waals surface area (Å²) in [5.41, 5.74) is 6.11. The summed E-state index contributed by atoms with van der Waals surface area (Å²) >= 11 is 0. The lowest BCUT2D eigenvalue weighted by Crippen LogP contribution is -2.13. The van der Waals surface area contributed by atoms with Crippen molar-refractivity contribution in [2.45, 2.75) is 0 Å². The molecule has 2 rings (SSSR count). The number of carbonyl (C=O) groups excluding carboxylic acids is 2.